The molecule has 0 saturated heterocycles. The molecule has 1 heterocycles. The van der Waals surface area contributed by atoms with E-state index in [1.807, 2.05) is 6.07 Å². The van der Waals surface area contributed by atoms with Gasteiger partial charge >= 0.3 is 0 Å². The van der Waals surface area contributed by atoms with E-state index in [0.717, 1.165) is 17.8 Å². The number of ether oxygens (including phenoxy) is 1. The van der Waals surface area contributed by atoms with Crippen LogP contribution >= 0.6 is 11.8 Å². The van der Waals surface area contributed by atoms with Crippen LogP contribution in [0.1, 0.15) is 5.69 Å². The molecule has 0 fully saturated rings. The zero-order chi connectivity index (χ0) is 20.8. The fourth-order valence-corrected chi connectivity index (χ4v) is 2.94. The smallest absolute Gasteiger partial charge is 0.251 e. The van der Waals surface area contributed by atoms with Crippen molar-refractivity contribution in [1.82, 2.24) is 9.97 Å². The molecule has 0 aliphatic carbocycles. The second-order valence-corrected chi connectivity index (χ2v) is 6.67. The van der Waals surface area contributed by atoms with Crippen LogP contribution in [0.25, 0.3) is 0 Å². The number of H-pyrrole nitrogens is 1. The number of amides is 1. The summed E-state index contributed by atoms with van der Waals surface area (Å²) in [6.45, 7) is 0.0494. The molecule has 2 aromatic carbocycles. The molecule has 2 N–H and O–H groups in total. The molecule has 0 atom stereocenters. The first-order chi connectivity index (χ1) is 13.9. The molecule has 0 unspecified atom stereocenters. The monoisotopic (exact) mass is 421 g/mol. The van der Waals surface area contributed by atoms with Crippen molar-refractivity contribution in [3.63, 3.8) is 0 Å². The highest BCUT2D eigenvalue weighted by molar-refractivity contribution is 7.99. The standard InChI is InChI=1S/C19H14F3N3O3S/c20-13-6-7-14(18(22)17(13)21)24-16(27)10-29-19-23-11(8-15(26)25-19)9-28-12-4-2-1-3-5-12/h1-8H,9-10H2,(H,24,27)(H,23,25,26). The van der Waals surface area contributed by atoms with Crippen molar-refractivity contribution in [2.75, 3.05) is 11.1 Å². The lowest BCUT2D eigenvalue weighted by molar-refractivity contribution is -0.113. The number of hydrogen-bond donors (Lipinski definition) is 2. The van der Waals surface area contributed by atoms with Gasteiger partial charge in [-0.3, -0.25) is 9.59 Å². The summed E-state index contributed by atoms with van der Waals surface area (Å²) in [6.07, 6.45) is 0. The first-order valence-electron chi connectivity index (χ1n) is 8.26. The minimum atomic E-state index is -1.67. The van der Waals surface area contributed by atoms with Crippen LogP contribution in [0.5, 0.6) is 5.75 Å². The SMILES string of the molecule is O=C(CSc1nc(COc2ccccc2)cc(=O)[nH]1)Nc1ccc(F)c(F)c1F. The minimum absolute atomic E-state index is 0.0494. The van der Waals surface area contributed by atoms with E-state index in [2.05, 4.69) is 15.3 Å². The Kier molecular flexibility index (Phi) is 6.55. The van der Waals surface area contributed by atoms with Crippen LogP contribution in [0.2, 0.25) is 0 Å². The Morgan fingerprint density at radius 1 is 1.10 bits per heavy atom. The lowest BCUT2D eigenvalue weighted by Gasteiger charge is -2.08. The number of para-hydroxylation sites is 1. The molecule has 1 aromatic heterocycles. The Morgan fingerprint density at radius 3 is 2.62 bits per heavy atom. The number of thioether (sulfide) groups is 1. The van der Waals surface area contributed by atoms with E-state index in [4.69, 9.17) is 4.74 Å². The maximum absolute atomic E-state index is 13.6. The van der Waals surface area contributed by atoms with Crippen molar-refractivity contribution in [3.05, 3.63) is 82.0 Å². The van der Waals surface area contributed by atoms with Crippen LogP contribution in [-0.2, 0) is 11.4 Å². The van der Waals surface area contributed by atoms with Gasteiger partial charge in [-0.25, -0.2) is 18.2 Å². The zero-order valence-electron chi connectivity index (χ0n) is 14.7. The van der Waals surface area contributed by atoms with E-state index >= 15 is 0 Å². The number of hydrogen-bond acceptors (Lipinski definition) is 5. The van der Waals surface area contributed by atoms with Crippen LogP contribution in [-0.4, -0.2) is 21.6 Å². The summed E-state index contributed by atoms with van der Waals surface area (Å²) in [5.74, 6) is -4.84. The van der Waals surface area contributed by atoms with E-state index < -0.39 is 34.6 Å². The van der Waals surface area contributed by atoms with Crippen molar-refractivity contribution >= 4 is 23.4 Å². The third kappa shape index (κ3) is 5.61. The van der Waals surface area contributed by atoms with Gasteiger partial charge in [0.05, 0.1) is 17.1 Å². The van der Waals surface area contributed by atoms with Crippen LogP contribution in [0.15, 0.2) is 58.5 Å². The summed E-state index contributed by atoms with van der Waals surface area (Å²) >= 11 is 0.886. The van der Waals surface area contributed by atoms with Gasteiger partial charge in [-0.15, -0.1) is 0 Å². The summed E-state index contributed by atoms with van der Waals surface area (Å²) in [5.41, 5.74) is -0.561. The molecule has 0 aliphatic heterocycles. The third-order valence-electron chi connectivity index (χ3n) is 3.55. The number of nitrogens with one attached hydrogen (secondary N) is 2. The summed E-state index contributed by atoms with van der Waals surface area (Å²) in [5, 5.41) is 2.30. The third-order valence-corrected chi connectivity index (χ3v) is 4.43. The predicted molar refractivity (Wildman–Crippen MR) is 101 cm³/mol. The highest BCUT2D eigenvalue weighted by atomic mass is 32.2. The Morgan fingerprint density at radius 2 is 1.86 bits per heavy atom. The van der Waals surface area contributed by atoms with Gasteiger partial charge in [0.2, 0.25) is 5.91 Å². The molecule has 0 spiro atoms. The second-order valence-electron chi connectivity index (χ2n) is 5.70. The van der Waals surface area contributed by atoms with E-state index in [-0.39, 0.29) is 17.5 Å². The molecule has 0 radical (unpaired) electrons. The summed E-state index contributed by atoms with van der Waals surface area (Å²) in [6, 6.07) is 11.8. The van der Waals surface area contributed by atoms with Crippen LogP contribution < -0.4 is 15.6 Å². The lowest BCUT2D eigenvalue weighted by atomic mass is 10.3. The highest BCUT2D eigenvalue weighted by Crippen LogP contribution is 2.20. The number of aromatic amines is 1. The summed E-state index contributed by atoms with van der Waals surface area (Å²) in [7, 11) is 0. The van der Waals surface area contributed by atoms with E-state index in [1.165, 1.54) is 6.07 Å². The second kappa shape index (κ2) is 9.28. The average molecular weight is 421 g/mol. The normalized spacial score (nSPS) is 10.6. The number of carbonyl (C=O) groups is 1. The van der Waals surface area contributed by atoms with Gasteiger partial charge in [0.1, 0.15) is 12.4 Å². The molecule has 3 rings (SSSR count). The minimum Gasteiger partial charge on any atom is -0.487 e. The quantitative estimate of drug-likeness (QED) is 0.347. The number of nitrogens with zero attached hydrogens (tertiary/aromatic N) is 1. The molecular formula is C19H14F3N3O3S. The molecule has 6 nitrogen and oxygen atoms in total. The van der Waals surface area contributed by atoms with Crippen LogP contribution in [0.4, 0.5) is 18.9 Å². The van der Waals surface area contributed by atoms with Gasteiger partial charge < -0.3 is 15.0 Å². The van der Waals surface area contributed by atoms with E-state index in [9.17, 15) is 22.8 Å². The highest BCUT2D eigenvalue weighted by Gasteiger charge is 2.15. The first kappa shape index (κ1) is 20.5. The van der Waals surface area contributed by atoms with Gasteiger partial charge in [0.15, 0.2) is 22.6 Å². The summed E-state index contributed by atoms with van der Waals surface area (Å²) < 4.78 is 45.3. The number of rotatable bonds is 7. The van der Waals surface area contributed by atoms with Crippen molar-refractivity contribution in [1.29, 1.82) is 0 Å². The number of halogens is 3. The maximum Gasteiger partial charge on any atom is 0.251 e. The van der Waals surface area contributed by atoms with Crippen molar-refractivity contribution in [3.8, 4) is 5.75 Å². The molecule has 150 valence electrons. The molecule has 1 amide bonds. The van der Waals surface area contributed by atoms with Crippen molar-refractivity contribution in [2.45, 2.75) is 11.8 Å². The molecule has 0 aliphatic rings. The Balaban J connectivity index is 1.60. The van der Waals surface area contributed by atoms with Gasteiger partial charge in [-0.2, -0.15) is 0 Å². The lowest BCUT2D eigenvalue weighted by Crippen LogP contribution is -2.17. The molecule has 0 saturated carbocycles. The van der Waals surface area contributed by atoms with Crippen LogP contribution in [0.3, 0.4) is 0 Å². The van der Waals surface area contributed by atoms with Gasteiger partial charge in [0, 0.05) is 6.07 Å². The van der Waals surface area contributed by atoms with Gasteiger partial charge in [-0.1, -0.05) is 30.0 Å². The molecule has 3 aromatic rings. The fraction of sp³-hybridized carbons (Fsp3) is 0.105. The Bertz CT molecular complexity index is 1080. The Hall–Kier alpha value is -3.27. The van der Waals surface area contributed by atoms with Crippen molar-refractivity contribution in [2.24, 2.45) is 0 Å². The summed E-state index contributed by atoms with van der Waals surface area (Å²) in [4.78, 5) is 30.4. The molecule has 10 heteroatoms. The Labute approximate surface area is 167 Å². The van der Waals surface area contributed by atoms with Gasteiger partial charge in [0.25, 0.3) is 5.56 Å². The van der Waals surface area contributed by atoms with Crippen LogP contribution in [0, 0.1) is 17.5 Å². The molecule has 0 bridgehead atoms. The van der Waals surface area contributed by atoms with E-state index in [1.54, 1.807) is 24.3 Å². The number of carbonyl (C=O) groups excluding carboxylic acids is 1. The predicted octanol–water partition coefficient (Wildman–Crippen LogP) is 3.50. The van der Waals surface area contributed by atoms with Gasteiger partial charge in [-0.05, 0) is 24.3 Å². The average Bonchev–Trinajstić information content (AvgIpc) is 2.72. The first-order valence-corrected chi connectivity index (χ1v) is 9.25. The largest absolute Gasteiger partial charge is 0.487 e. The number of anilines is 1. The zero-order valence-corrected chi connectivity index (χ0v) is 15.6. The number of aromatic nitrogens is 2. The number of benzene rings is 2. The maximum atomic E-state index is 13.6. The van der Waals surface area contributed by atoms with Crippen molar-refractivity contribution < 1.29 is 22.7 Å². The fourth-order valence-electron chi connectivity index (χ4n) is 2.24. The molecular weight excluding hydrogens is 407 g/mol. The molecule has 29 heavy (non-hydrogen) atoms. The topological polar surface area (TPSA) is 84.1 Å². The van der Waals surface area contributed by atoms with E-state index in [0.29, 0.717) is 17.5 Å².